The van der Waals surface area contributed by atoms with Crippen LogP contribution in [0, 0.1) is 19.8 Å². The topological polar surface area (TPSA) is 67.0 Å². The maximum Gasteiger partial charge on any atom is 0.253 e. The van der Waals surface area contributed by atoms with E-state index >= 15 is 0 Å². The molecule has 2 N–H and O–H groups in total. The van der Waals surface area contributed by atoms with E-state index < -0.39 is 0 Å². The van der Waals surface area contributed by atoms with E-state index in [0.29, 0.717) is 17.4 Å². The van der Waals surface area contributed by atoms with Crippen LogP contribution in [0.1, 0.15) is 40.7 Å². The molecule has 2 aromatic heterocycles. The maximum absolute atomic E-state index is 12.7. The molecular formula is C21H23N3O2. The number of hydrogen-bond acceptors (Lipinski definition) is 3. The van der Waals surface area contributed by atoms with Crippen LogP contribution in [-0.2, 0) is 0 Å². The monoisotopic (exact) mass is 349 g/mol. The molecule has 0 saturated heterocycles. The number of rotatable bonds is 5. The van der Waals surface area contributed by atoms with Gasteiger partial charge >= 0.3 is 0 Å². The summed E-state index contributed by atoms with van der Waals surface area (Å²) >= 11 is 0. The Kier molecular flexibility index (Phi) is 4.37. The zero-order chi connectivity index (χ0) is 18.1. The summed E-state index contributed by atoms with van der Waals surface area (Å²) in [4.78, 5) is 20.3. The number of carbonyl (C=O) groups excluding carboxylic acids is 1. The van der Waals surface area contributed by atoms with Crippen LogP contribution < -0.4 is 10.1 Å². The highest BCUT2D eigenvalue weighted by atomic mass is 16.5. The van der Waals surface area contributed by atoms with Crippen molar-refractivity contribution in [2.45, 2.75) is 33.1 Å². The van der Waals surface area contributed by atoms with Gasteiger partial charge in [-0.25, -0.2) is 4.98 Å². The van der Waals surface area contributed by atoms with Crippen molar-refractivity contribution in [2.75, 3.05) is 6.54 Å². The second-order valence-electron chi connectivity index (χ2n) is 7.12. The Morgan fingerprint density at radius 3 is 2.92 bits per heavy atom. The number of H-pyrrole nitrogens is 1. The molecule has 1 aliphatic carbocycles. The average Bonchev–Trinajstić information content (AvgIpc) is 2.96. The van der Waals surface area contributed by atoms with E-state index in [4.69, 9.17) is 4.74 Å². The van der Waals surface area contributed by atoms with Gasteiger partial charge in [-0.1, -0.05) is 18.6 Å². The number of hydrogen-bond donors (Lipinski definition) is 2. The fourth-order valence-corrected chi connectivity index (χ4v) is 3.36. The van der Waals surface area contributed by atoms with E-state index in [1.807, 2.05) is 44.3 Å². The molecule has 1 aromatic carbocycles. The first kappa shape index (κ1) is 16.6. The molecule has 4 rings (SSSR count). The van der Waals surface area contributed by atoms with Gasteiger partial charge in [-0.3, -0.25) is 4.79 Å². The summed E-state index contributed by atoms with van der Waals surface area (Å²) in [6.45, 7) is 4.74. The quantitative estimate of drug-likeness (QED) is 0.712. The molecule has 3 aromatic rings. The molecular weight excluding hydrogens is 326 g/mol. The lowest BCUT2D eigenvalue weighted by Gasteiger charge is -2.25. The van der Waals surface area contributed by atoms with Crippen LogP contribution >= 0.6 is 0 Å². The number of benzene rings is 1. The van der Waals surface area contributed by atoms with Crippen molar-refractivity contribution in [3.63, 3.8) is 0 Å². The second-order valence-corrected chi connectivity index (χ2v) is 7.12. The van der Waals surface area contributed by atoms with Gasteiger partial charge in [0.25, 0.3) is 5.91 Å². The lowest BCUT2D eigenvalue weighted by molar-refractivity contribution is 0.0940. The smallest absolute Gasteiger partial charge is 0.253 e. The van der Waals surface area contributed by atoms with Crippen molar-refractivity contribution in [3.8, 4) is 11.6 Å². The van der Waals surface area contributed by atoms with Crippen LogP contribution in [0.15, 0.2) is 36.7 Å². The van der Waals surface area contributed by atoms with Crippen LogP contribution in [0.25, 0.3) is 10.9 Å². The molecule has 1 aliphatic rings. The largest absolute Gasteiger partial charge is 0.437 e. The van der Waals surface area contributed by atoms with E-state index in [9.17, 15) is 4.79 Å². The Labute approximate surface area is 152 Å². The third-order valence-electron chi connectivity index (χ3n) is 5.10. The number of nitrogens with one attached hydrogen (secondary N) is 2. The van der Waals surface area contributed by atoms with Crippen molar-refractivity contribution in [1.29, 1.82) is 0 Å². The molecule has 5 nitrogen and oxygen atoms in total. The third-order valence-corrected chi connectivity index (χ3v) is 5.10. The van der Waals surface area contributed by atoms with Crippen LogP contribution in [-0.4, -0.2) is 22.4 Å². The van der Waals surface area contributed by atoms with Gasteiger partial charge < -0.3 is 15.0 Å². The minimum absolute atomic E-state index is 0.0702. The standard InChI is InChI=1S/C21H23N3O2/c1-13-5-3-8-16(9-13)26-21-19-18(14(2)10-22-19)17(12-24-21)20(25)23-11-15-6-4-7-15/h3,5,8-10,12,15,22H,4,6-7,11H2,1-2H3,(H,23,25). The molecule has 0 bridgehead atoms. The molecule has 26 heavy (non-hydrogen) atoms. The predicted octanol–water partition coefficient (Wildman–Crippen LogP) is 4.50. The average molecular weight is 349 g/mol. The Bertz CT molecular complexity index is 957. The minimum atomic E-state index is -0.0702. The summed E-state index contributed by atoms with van der Waals surface area (Å²) < 4.78 is 5.97. The number of carbonyl (C=O) groups is 1. The molecule has 0 unspecified atom stereocenters. The van der Waals surface area contributed by atoms with Crippen molar-refractivity contribution >= 4 is 16.8 Å². The van der Waals surface area contributed by atoms with E-state index in [0.717, 1.165) is 34.3 Å². The Hall–Kier alpha value is -2.82. The van der Waals surface area contributed by atoms with Crippen LogP contribution in [0.4, 0.5) is 0 Å². The second kappa shape index (κ2) is 6.83. The zero-order valence-electron chi connectivity index (χ0n) is 15.1. The molecule has 1 amide bonds. The van der Waals surface area contributed by atoms with E-state index in [1.165, 1.54) is 19.3 Å². The molecule has 1 fully saturated rings. The summed E-state index contributed by atoms with van der Waals surface area (Å²) in [5, 5.41) is 3.92. The number of fused-ring (bicyclic) bond motifs is 1. The first-order valence-corrected chi connectivity index (χ1v) is 9.11. The fourth-order valence-electron chi connectivity index (χ4n) is 3.36. The SMILES string of the molecule is Cc1cccc(Oc2ncc(C(=O)NCC3CCC3)c3c(C)c[nH]c23)c1. The summed E-state index contributed by atoms with van der Waals surface area (Å²) in [6, 6.07) is 7.83. The van der Waals surface area contributed by atoms with E-state index in [1.54, 1.807) is 6.20 Å². The first-order chi connectivity index (χ1) is 12.6. The Morgan fingerprint density at radius 1 is 1.35 bits per heavy atom. The van der Waals surface area contributed by atoms with Crippen LogP contribution in [0.3, 0.4) is 0 Å². The number of nitrogens with zero attached hydrogens (tertiary/aromatic N) is 1. The van der Waals surface area contributed by atoms with Crippen molar-refractivity contribution in [1.82, 2.24) is 15.3 Å². The highest BCUT2D eigenvalue weighted by Crippen LogP contribution is 2.31. The van der Waals surface area contributed by atoms with Crippen molar-refractivity contribution < 1.29 is 9.53 Å². The van der Waals surface area contributed by atoms with Gasteiger partial charge in [0.2, 0.25) is 5.88 Å². The molecule has 0 radical (unpaired) electrons. The van der Waals surface area contributed by atoms with Crippen molar-refractivity contribution in [2.24, 2.45) is 5.92 Å². The summed E-state index contributed by atoms with van der Waals surface area (Å²) in [6.07, 6.45) is 7.19. The van der Waals surface area contributed by atoms with Gasteiger partial charge in [0.15, 0.2) is 0 Å². The molecule has 0 atom stereocenters. The third kappa shape index (κ3) is 3.17. The predicted molar refractivity (Wildman–Crippen MR) is 102 cm³/mol. The molecule has 134 valence electrons. The number of amides is 1. The number of aryl methyl sites for hydroxylation is 2. The number of pyridine rings is 1. The molecule has 2 heterocycles. The van der Waals surface area contributed by atoms with Gasteiger partial charge in [-0.2, -0.15) is 0 Å². The molecule has 0 spiro atoms. The van der Waals surface area contributed by atoms with Gasteiger partial charge in [-0.15, -0.1) is 0 Å². The van der Waals surface area contributed by atoms with E-state index in [2.05, 4.69) is 15.3 Å². The highest BCUT2D eigenvalue weighted by molar-refractivity contribution is 6.08. The van der Waals surface area contributed by atoms with Gasteiger partial charge in [0.1, 0.15) is 11.3 Å². The maximum atomic E-state index is 12.7. The zero-order valence-corrected chi connectivity index (χ0v) is 15.1. The Morgan fingerprint density at radius 2 is 2.19 bits per heavy atom. The highest BCUT2D eigenvalue weighted by Gasteiger charge is 2.21. The Balaban J connectivity index is 1.64. The molecule has 1 saturated carbocycles. The molecule has 5 heteroatoms. The van der Waals surface area contributed by atoms with Crippen LogP contribution in [0.2, 0.25) is 0 Å². The summed E-state index contributed by atoms with van der Waals surface area (Å²) in [5.74, 6) is 1.76. The summed E-state index contributed by atoms with van der Waals surface area (Å²) in [7, 11) is 0. The van der Waals surface area contributed by atoms with Gasteiger partial charge in [0, 0.05) is 24.3 Å². The first-order valence-electron chi connectivity index (χ1n) is 9.11. The lowest BCUT2D eigenvalue weighted by atomic mass is 9.85. The normalized spacial score (nSPS) is 14.2. The summed E-state index contributed by atoms with van der Waals surface area (Å²) in [5.41, 5.74) is 3.47. The van der Waals surface area contributed by atoms with E-state index in [-0.39, 0.29) is 5.91 Å². The number of ether oxygens (including phenoxy) is 1. The lowest BCUT2D eigenvalue weighted by Crippen LogP contribution is -2.32. The number of aromatic nitrogens is 2. The minimum Gasteiger partial charge on any atom is -0.437 e. The van der Waals surface area contributed by atoms with Crippen molar-refractivity contribution in [3.05, 3.63) is 53.3 Å². The molecule has 0 aliphatic heterocycles. The van der Waals surface area contributed by atoms with Gasteiger partial charge in [0.05, 0.1) is 5.56 Å². The van der Waals surface area contributed by atoms with Crippen LogP contribution in [0.5, 0.6) is 11.6 Å². The van der Waals surface area contributed by atoms with Gasteiger partial charge in [-0.05, 0) is 55.9 Å². The fraction of sp³-hybridized carbons (Fsp3) is 0.333. The number of aromatic amines is 1.